The number of hydrogen-bond acceptors (Lipinski definition) is 1. The van der Waals surface area contributed by atoms with E-state index in [-0.39, 0.29) is 0 Å². The van der Waals surface area contributed by atoms with Crippen molar-refractivity contribution in [1.29, 1.82) is 0 Å². The van der Waals surface area contributed by atoms with Crippen molar-refractivity contribution in [2.75, 3.05) is 20.6 Å². The SMILES string of the molecule is CCC[Si](CCN(C)C)(c1ccc(Cl)cc1)c1ccc(Cl)cc1. The van der Waals surface area contributed by atoms with Crippen molar-refractivity contribution in [2.45, 2.75) is 25.4 Å². The predicted octanol–water partition coefficient (Wildman–Crippen LogP) is 4.53. The van der Waals surface area contributed by atoms with Crippen molar-refractivity contribution in [3.05, 3.63) is 58.6 Å². The van der Waals surface area contributed by atoms with Gasteiger partial charge in [-0.05, 0) is 57.0 Å². The predicted molar refractivity (Wildman–Crippen MR) is 106 cm³/mol. The van der Waals surface area contributed by atoms with Crippen molar-refractivity contribution < 1.29 is 0 Å². The van der Waals surface area contributed by atoms with E-state index in [1.54, 1.807) is 0 Å². The molecule has 0 saturated heterocycles. The summed E-state index contributed by atoms with van der Waals surface area (Å²) < 4.78 is 0. The molecule has 0 N–H and O–H groups in total. The molecule has 0 unspecified atom stereocenters. The summed E-state index contributed by atoms with van der Waals surface area (Å²) in [5, 5.41) is 4.54. The van der Waals surface area contributed by atoms with E-state index in [0.29, 0.717) is 0 Å². The van der Waals surface area contributed by atoms with Crippen molar-refractivity contribution in [3.63, 3.8) is 0 Å². The monoisotopic (exact) mass is 365 g/mol. The Balaban J connectivity index is 2.53. The van der Waals surface area contributed by atoms with Gasteiger partial charge in [0.25, 0.3) is 0 Å². The molecule has 1 nitrogen and oxygen atoms in total. The molecule has 0 amide bonds. The average Bonchev–Trinajstić information content (AvgIpc) is 2.53. The Morgan fingerprint density at radius 1 is 0.783 bits per heavy atom. The van der Waals surface area contributed by atoms with Gasteiger partial charge in [-0.1, -0.05) is 71.2 Å². The third-order valence-corrected chi connectivity index (χ3v) is 10.3. The summed E-state index contributed by atoms with van der Waals surface area (Å²) in [7, 11) is 2.48. The van der Waals surface area contributed by atoms with Gasteiger partial charge in [-0.15, -0.1) is 0 Å². The topological polar surface area (TPSA) is 3.24 Å². The highest BCUT2D eigenvalue weighted by Crippen LogP contribution is 2.21. The van der Waals surface area contributed by atoms with Gasteiger partial charge in [0, 0.05) is 10.0 Å². The summed E-state index contributed by atoms with van der Waals surface area (Å²) in [6.45, 7) is 3.38. The fraction of sp³-hybridized carbons (Fsp3) is 0.368. The molecule has 0 aliphatic heterocycles. The van der Waals surface area contributed by atoms with Gasteiger partial charge in [-0.2, -0.15) is 0 Å². The molecule has 0 spiro atoms. The smallest absolute Gasteiger partial charge is 0.119 e. The van der Waals surface area contributed by atoms with E-state index >= 15 is 0 Å². The minimum Gasteiger partial charge on any atom is -0.310 e. The van der Waals surface area contributed by atoms with Crippen molar-refractivity contribution >= 4 is 41.6 Å². The van der Waals surface area contributed by atoms with Crippen LogP contribution in [-0.2, 0) is 0 Å². The second kappa shape index (κ2) is 8.34. The number of hydrogen-bond donors (Lipinski definition) is 0. The van der Waals surface area contributed by atoms with E-state index in [0.717, 1.165) is 16.6 Å². The van der Waals surface area contributed by atoms with Crippen molar-refractivity contribution in [2.24, 2.45) is 0 Å². The fourth-order valence-electron chi connectivity index (χ4n) is 3.25. The van der Waals surface area contributed by atoms with Crippen LogP contribution in [0.4, 0.5) is 0 Å². The summed E-state index contributed by atoms with van der Waals surface area (Å²) in [6, 6.07) is 19.5. The second-order valence-corrected chi connectivity index (χ2v) is 11.6. The molecule has 23 heavy (non-hydrogen) atoms. The van der Waals surface area contributed by atoms with E-state index < -0.39 is 8.07 Å². The Morgan fingerprint density at radius 3 is 1.57 bits per heavy atom. The maximum Gasteiger partial charge on any atom is 0.119 e. The van der Waals surface area contributed by atoms with E-state index in [1.165, 1.54) is 28.9 Å². The molecular formula is C19H25Cl2NSi. The molecule has 0 saturated carbocycles. The minimum atomic E-state index is -1.82. The molecule has 0 bridgehead atoms. The van der Waals surface area contributed by atoms with Crippen LogP contribution in [0.15, 0.2) is 48.5 Å². The van der Waals surface area contributed by atoms with Gasteiger partial charge < -0.3 is 4.90 Å². The van der Waals surface area contributed by atoms with Crippen LogP contribution in [0.5, 0.6) is 0 Å². The third-order valence-electron chi connectivity index (χ3n) is 4.46. The molecule has 0 heterocycles. The first kappa shape index (κ1) is 18.5. The Labute approximate surface area is 151 Å². The lowest BCUT2D eigenvalue weighted by Crippen LogP contribution is -2.59. The summed E-state index contributed by atoms with van der Waals surface area (Å²) in [4.78, 5) is 2.28. The first-order chi connectivity index (χ1) is 11.0. The van der Waals surface area contributed by atoms with Gasteiger partial charge >= 0.3 is 0 Å². The molecule has 0 aliphatic rings. The van der Waals surface area contributed by atoms with E-state index in [2.05, 4.69) is 50.2 Å². The van der Waals surface area contributed by atoms with Crippen LogP contribution in [0.2, 0.25) is 22.1 Å². The molecule has 0 aliphatic carbocycles. The molecule has 0 atom stereocenters. The average molecular weight is 366 g/mol. The fourth-order valence-corrected chi connectivity index (χ4v) is 8.53. The summed E-state index contributed by atoms with van der Waals surface area (Å²) in [6.07, 6.45) is 1.19. The standard InChI is InChI=1S/C19H25Cl2NSi/c1-4-14-23(15-13-22(2)3,18-9-5-16(20)6-10-18)19-11-7-17(21)8-12-19/h5-12H,4,13-15H2,1-3H3. The van der Waals surface area contributed by atoms with Gasteiger partial charge in [0.05, 0.1) is 0 Å². The normalized spacial score (nSPS) is 11.9. The van der Waals surface area contributed by atoms with Gasteiger partial charge in [-0.25, -0.2) is 0 Å². The van der Waals surface area contributed by atoms with Gasteiger partial charge in [0.1, 0.15) is 8.07 Å². The summed E-state index contributed by atoms with van der Waals surface area (Å²) >= 11 is 12.2. The third kappa shape index (κ3) is 4.60. The van der Waals surface area contributed by atoms with Crippen molar-refractivity contribution in [3.8, 4) is 0 Å². The van der Waals surface area contributed by atoms with Crippen LogP contribution in [-0.4, -0.2) is 33.6 Å². The van der Waals surface area contributed by atoms with E-state index in [9.17, 15) is 0 Å². The maximum atomic E-state index is 6.12. The lowest BCUT2D eigenvalue weighted by atomic mass is 10.3. The molecule has 0 fully saturated rings. The first-order valence-corrected chi connectivity index (χ1v) is 11.3. The van der Waals surface area contributed by atoms with Gasteiger partial charge in [0.2, 0.25) is 0 Å². The van der Waals surface area contributed by atoms with Crippen LogP contribution in [0.1, 0.15) is 13.3 Å². The zero-order valence-electron chi connectivity index (χ0n) is 14.2. The summed E-state index contributed by atoms with van der Waals surface area (Å²) in [5.41, 5.74) is 0. The summed E-state index contributed by atoms with van der Waals surface area (Å²) in [5.74, 6) is 0. The molecular weight excluding hydrogens is 341 g/mol. The Kier molecular flexibility index (Phi) is 6.72. The highest BCUT2D eigenvalue weighted by molar-refractivity contribution is 7.02. The van der Waals surface area contributed by atoms with Gasteiger partial charge in [0.15, 0.2) is 0 Å². The van der Waals surface area contributed by atoms with Crippen LogP contribution in [0, 0.1) is 0 Å². The van der Waals surface area contributed by atoms with E-state index in [4.69, 9.17) is 23.2 Å². The second-order valence-electron chi connectivity index (χ2n) is 6.40. The maximum absolute atomic E-state index is 6.12. The number of nitrogens with zero attached hydrogens (tertiary/aromatic N) is 1. The highest BCUT2D eigenvalue weighted by Gasteiger charge is 2.36. The number of rotatable bonds is 7. The molecule has 124 valence electrons. The molecule has 0 aromatic heterocycles. The Hall–Kier alpha value is -0.803. The Morgan fingerprint density at radius 2 is 1.22 bits per heavy atom. The van der Waals surface area contributed by atoms with Crippen molar-refractivity contribution in [1.82, 2.24) is 4.90 Å². The van der Waals surface area contributed by atoms with Crippen LogP contribution in [0.25, 0.3) is 0 Å². The molecule has 4 heteroatoms. The first-order valence-electron chi connectivity index (χ1n) is 8.15. The lowest BCUT2D eigenvalue weighted by molar-refractivity contribution is 0.431. The number of halogens is 2. The minimum absolute atomic E-state index is 0.803. The number of benzene rings is 2. The van der Waals surface area contributed by atoms with Gasteiger partial charge in [-0.3, -0.25) is 0 Å². The Bertz CT molecular complexity index is 563. The largest absolute Gasteiger partial charge is 0.310 e. The molecule has 2 aromatic rings. The zero-order valence-corrected chi connectivity index (χ0v) is 16.7. The molecule has 2 aromatic carbocycles. The van der Waals surface area contributed by atoms with Crippen LogP contribution in [0.3, 0.4) is 0 Å². The zero-order chi connectivity index (χ0) is 16.9. The molecule has 2 rings (SSSR count). The van der Waals surface area contributed by atoms with Crippen LogP contribution >= 0.6 is 23.2 Å². The highest BCUT2D eigenvalue weighted by atomic mass is 35.5. The quantitative estimate of drug-likeness (QED) is 0.651. The van der Waals surface area contributed by atoms with E-state index in [1.807, 2.05) is 24.3 Å². The lowest BCUT2D eigenvalue weighted by Gasteiger charge is -2.34. The van der Waals surface area contributed by atoms with Crippen LogP contribution < -0.4 is 10.4 Å². The molecule has 0 radical (unpaired) electrons.